The third-order valence-corrected chi connectivity index (χ3v) is 6.84. The molecule has 0 N–H and O–H groups in total. The third-order valence-electron chi connectivity index (χ3n) is 6.84. The lowest BCUT2D eigenvalue weighted by Crippen LogP contribution is -2.41. The van der Waals surface area contributed by atoms with Gasteiger partial charge in [-0.1, -0.05) is 52.4 Å². The summed E-state index contributed by atoms with van der Waals surface area (Å²) in [5, 5.41) is 0. The van der Waals surface area contributed by atoms with Gasteiger partial charge in [-0.15, -0.1) is 0 Å². The molecule has 168 valence electrons. The van der Waals surface area contributed by atoms with Gasteiger partial charge in [-0.25, -0.2) is 4.79 Å². The Kier molecular flexibility index (Phi) is 11.0. The summed E-state index contributed by atoms with van der Waals surface area (Å²) >= 11 is 0. The van der Waals surface area contributed by atoms with Crippen LogP contribution in [0.1, 0.15) is 97.3 Å². The molecule has 2 rings (SSSR count). The molecule has 4 unspecified atom stereocenters. The van der Waals surface area contributed by atoms with Gasteiger partial charge in [0.15, 0.2) is 0 Å². The maximum Gasteiger partial charge on any atom is 0.328 e. The molecule has 0 bridgehead atoms. The smallest absolute Gasteiger partial charge is 0.328 e. The molecule has 2 fully saturated rings. The highest BCUT2D eigenvalue weighted by atomic mass is 16.5. The number of likely N-dealkylation sites (tertiary alicyclic amines) is 1. The van der Waals surface area contributed by atoms with Crippen molar-refractivity contribution >= 4 is 11.9 Å². The Bertz CT molecular complexity index is 495. The molecular formula is C24H43NO4. The van der Waals surface area contributed by atoms with E-state index >= 15 is 0 Å². The molecule has 29 heavy (non-hydrogen) atoms. The van der Waals surface area contributed by atoms with E-state index in [1.54, 1.807) is 4.90 Å². The van der Waals surface area contributed by atoms with Crippen LogP contribution in [0.4, 0.5) is 0 Å². The number of amides is 1. The maximum atomic E-state index is 12.5. The van der Waals surface area contributed by atoms with E-state index in [0.29, 0.717) is 25.0 Å². The van der Waals surface area contributed by atoms with E-state index < -0.39 is 0 Å². The van der Waals surface area contributed by atoms with Crippen LogP contribution in [0.25, 0.3) is 0 Å². The molecule has 0 aromatic carbocycles. The van der Waals surface area contributed by atoms with Gasteiger partial charge in [-0.2, -0.15) is 0 Å². The average Bonchev–Trinajstić information content (AvgIpc) is 3.21. The number of carbonyl (C=O) groups is 2. The van der Waals surface area contributed by atoms with Gasteiger partial charge >= 0.3 is 5.97 Å². The predicted octanol–water partition coefficient (Wildman–Crippen LogP) is 5.11. The quantitative estimate of drug-likeness (QED) is 0.332. The molecule has 0 aromatic heterocycles. The van der Waals surface area contributed by atoms with Crippen molar-refractivity contribution < 1.29 is 19.1 Å². The highest BCUT2D eigenvalue weighted by Gasteiger charge is 2.34. The molecule has 2 aliphatic heterocycles. The fourth-order valence-electron chi connectivity index (χ4n) is 4.89. The maximum absolute atomic E-state index is 12.5. The first-order valence-electron chi connectivity index (χ1n) is 12.0. The van der Waals surface area contributed by atoms with Crippen LogP contribution in [0.3, 0.4) is 0 Å². The van der Waals surface area contributed by atoms with Crippen molar-refractivity contribution in [2.75, 3.05) is 20.3 Å². The minimum absolute atomic E-state index is 0.115. The molecule has 0 aliphatic carbocycles. The Morgan fingerprint density at radius 2 is 1.83 bits per heavy atom. The van der Waals surface area contributed by atoms with Gasteiger partial charge in [0, 0.05) is 19.6 Å². The summed E-state index contributed by atoms with van der Waals surface area (Å²) in [4.78, 5) is 26.0. The van der Waals surface area contributed by atoms with Gasteiger partial charge < -0.3 is 14.4 Å². The van der Waals surface area contributed by atoms with Gasteiger partial charge in [-0.05, 0) is 50.4 Å². The molecule has 2 aliphatic rings. The van der Waals surface area contributed by atoms with Gasteiger partial charge in [-0.3, -0.25) is 4.79 Å². The summed E-state index contributed by atoms with van der Waals surface area (Å²) in [5.74, 6) is 1.24. The van der Waals surface area contributed by atoms with Crippen LogP contribution in [0.15, 0.2) is 0 Å². The zero-order valence-corrected chi connectivity index (χ0v) is 19.0. The zero-order valence-electron chi connectivity index (χ0n) is 19.0. The molecule has 5 heteroatoms. The summed E-state index contributed by atoms with van der Waals surface area (Å²) in [6, 6.07) is -0.355. The SMILES string of the molecule is COC(=O)C1CCCN1C(=O)CCCC(C)CCCCCCC1OCCCC1C. The first kappa shape index (κ1) is 24.2. The van der Waals surface area contributed by atoms with E-state index in [0.717, 1.165) is 38.2 Å². The summed E-state index contributed by atoms with van der Waals surface area (Å²) in [6.07, 6.45) is 14.9. The summed E-state index contributed by atoms with van der Waals surface area (Å²) < 4.78 is 10.7. The van der Waals surface area contributed by atoms with E-state index in [9.17, 15) is 9.59 Å². The van der Waals surface area contributed by atoms with Gasteiger partial charge in [0.25, 0.3) is 0 Å². The number of hydrogen-bond acceptors (Lipinski definition) is 4. The normalized spacial score (nSPS) is 25.8. The molecule has 0 saturated carbocycles. The second-order valence-electron chi connectivity index (χ2n) is 9.29. The van der Waals surface area contributed by atoms with E-state index in [4.69, 9.17) is 9.47 Å². The van der Waals surface area contributed by atoms with Crippen LogP contribution >= 0.6 is 0 Å². The molecule has 2 saturated heterocycles. The Labute approximate surface area is 177 Å². The number of rotatable bonds is 12. The minimum Gasteiger partial charge on any atom is -0.467 e. The molecule has 4 atom stereocenters. The second kappa shape index (κ2) is 13.3. The average molecular weight is 410 g/mol. The number of carbonyl (C=O) groups excluding carboxylic acids is 2. The van der Waals surface area contributed by atoms with Gasteiger partial charge in [0.1, 0.15) is 6.04 Å². The number of ether oxygens (including phenoxy) is 2. The molecular weight excluding hydrogens is 366 g/mol. The standard InChI is InChI=1S/C24H43NO4/c1-19(11-6-4-5-7-15-22-20(2)13-10-18-29-22)12-8-16-23(26)25-17-9-14-21(25)24(27)28-3/h19-22H,4-18H2,1-3H3. The molecule has 1 amide bonds. The monoisotopic (exact) mass is 409 g/mol. The Morgan fingerprint density at radius 1 is 1.07 bits per heavy atom. The van der Waals surface area contributed by atoms with Crippen molar-refractivity contribution in [3.63, 3.8) is 0 Å². The molecule has 0 aromatic rings. The number of nitrogens with zero attached hydrogens (tertiary/aromatic N) is 1. The van der Waals surface area contributed by atoms with Crippen molar-refractivity contribution in [1.29, 1.82) is 0 Å². The lowest BCUT2D eigenvalue weighted by molar-refractivity contribution is -0.151. The van der Waals surface area contributed by atoms with Crippen molar-refractivity contribution in [2.24, 2.45) is 11.8 Å². The predicted molar refractivity (Wildman–Crippen MR) is 116 cm³/mol. The Morgan fingerprint density at radius 3 is 2.59 bits per heavy atom. The first-order chi connectivity index (χ1) is 14.0. The van der Waals surface area contributed by atoms with Crippen molar-refractivity contribution in [3.8, 4) is 0 Å². The van der Waals surface area contributed by atoms with E-state index in [1.165, 1.54) is 58.5 Å². The molecule has 0 radical (unpaired) electrons. The highest BCUT2D eigenvalue weighted by molar-refractivity contribution is 5.85. The Hall–Kier alpha value is -1.10. The van der Waals surface area contributed by atoms with Crippen molar-refractivity contribution in [2.45, 2.75) is 109 Å². The summed E-state index contributed by atoms with van der Waals surface area (Å²) in [7, 11) is 1.40. The molecule has 2 heterocycles. The van der Waals surface area contributed by atoms with Crippen LogP contribution in [-0.2, 0) is 19.1 Å². The zero-order chi connectivity index (χ0) is 21.1. The third kappa shape index (κ3) is 8.27. The topological polar surface area (TPSA) is 55.8 Å². The van der Waals surface area contributed by atoms with Crippen LogP contribution in [-0.4, -0.2) is 49.2 Å². The van der Waals surface area contributed by atoms with Crippen LogP contribution in [0, 0.1) is 11.8 Å². The number of esters is 1. The number of unbranched alkanes of at least 4 members (excludes halogenated alkanes) is 3. The molecule has 5 nitrogen and oxygen atoms in total. The van der Waals surface area contributed by atoms with Crippen LogP contribution < -0.4 is 0 Å². The fourth-order valence-corrected chi connectivity index (χ4v) is 4.89. The second-order valence-corrected chi connectivity index (χ2v) is 9.29. The summed E-state index contributed by atoms with van der Waals surface area (Å²) in [6.45, 7) is 6.28. The molecule has 0 spiro atoms. The van der Waals surface area contributed by atoms with E-state index in [2.05, 4.69) is 13.8 Å². The van der Waals surface area contributed by atoms with Crippen LogP contribution in [0.5, 0.6) is 0 Å². The van der Waals surface area contributed by atoms with Crippen molar-refractivity contribution in [3.05, 3.63) is 0 Å². The number of methoxy groups -OCH3 is 1. The minimum atomic E-state index is -0.355. The highest BCUT2D eigenvalue weighted by Crippen LogP contribution is 2.25. The Balaban J connectivity index is 1.48. The number of hydrogen-bond donors (Lipinski definition) is 0. The lowest BCUT2D eigenvalue weighted by atomic mass is 9.92. The van der Waals surface area contributed by atoms with Crippen molar-refractivity contribution in [1.82, 2.24) is 4.90 Å². The van der Waals surface area contributed by atoms with Gasteiger partial charge in [0.2, 0.25) is 5.91 Å². The van der Waals surface area contributed by atoms with Gasteiger partial charge in [0.05, 0.1) is 13.2 Å². The fraction of sp³-hybridized carbons (Fsp3) is 0.917. The summed E-state index contributed by atoms with van der Waals surface area (Å²) in [5.41, 5.74) is 0. The van der Waals surface area contributed by atoms with E-state index in [1.807, 2.05) is 0 Å². The first-order valence-corrected chi connectivity index (χ1v) is 12.0. The lowest BCUT2D eigenvalue weighted by Gasteiger charge is -2.29. The largest absolute Gasteiger partial charge is 0.467 e. The van der Waals surface area contributed by atoms with Crippen LogP contribution in [0.2, 0.25) is 0 Å². The van der Waals surface area contributed by atoms with E-state index in [-0.39, 0.29) is 17.9 Å².